The zero-order valence-electron chi connectivity index (χ0n) is 13.1. The van der Waals surface area contributed by atoms with Gasteiger partial charge in [-0.05, 0) is 36.2 Å². The normalized spacial score (nSPS) is 10.5. The second-order valence-electron chi connectivity index (χ2n) is 5.35. The fourth-order valence-corrected chi connectivity index (χ4v) is 2.36. The lowest BCUT2D eigenvalue weighted by Gasteiger charge is -2.09. The predicted molar refractivity (Wildman–Crippen MR) is 95.3 cm³/mol. The molecule has 128 valence electrons. The maximum absolute atomic E-state index is 13.2. The van der Waals surface area contributed by atoms with Crippen molar-refractivity contribution >= 4 is 28.9 Å². The van der Waals surface area contributed by atoms with Gasteiger partial charge in [-0.15, -0.1) is 0 Å². The van der Waals surface area contributed by atoms with E-state index < -0.39 is 11.6 Å². The second kappa shape index (κ2) is 7.90. The average molecular weight is 361 g/mol. The molecule has 3 rings (SSSR count). The van der Waals surface area contributed by atoms with E-state index >= 15 is 0 Å². The third-order valence-corrected chi connectivity index (χ3v) is 3.74. The van der Waals surface area contributed by atoms with E-state index in [4.69, 9.17) is 11.6 Å². The first-order chi connectivity index (χ1) is 12.1. The molecule has 0 spiro atoms. The third kappa shape index (κ3) is 4.87. The molecule has 0 aliphatic rings. The van der Waals surface area contributed by atoms with Gasteiger partial charge in [0.05, 0.1) is 0 Å². The van der Waals surface area contributed by atoms with Crippen molar-refractivity contribution < 1.29 is 8.78 Å². The highest BCUT2D eigenvalue weighted by atomic mass is 35.5. The van der Waals surface area contributed by atoms with E-state index in [-0.39, 0.29) is 0 Å². The highest BCUT2D eigenvalue weighted by Crippen LogP contribution is 2.18. The van der Waals surface area contributed by atoms with Crippen LogP contribution < -0.4 is 10.6 Å². The Balaban J connectivity index is 1.59. The van der Waals surface area contributed by atoms with Gasteiger partial charge in [0, 0.05) is 29.4 Å². The monoisotopic (exact) mass is 360 g/mol. The number of nitrogens with one attached hydrogen (secondary N) is 2. The molecule has 1 heterocycles. The minimum Gasteiger partial charge on any atom is -0.370 e. The fourth-order valence-electron chi connectivity index (χ4n) is 2.23. The van der Waals surface area contributed by atoms with Gasteiger partial charge in [0.25, 0.3) is 0 Å². The quantitative estimate of drug-likeness (QED) is 0.662. The molecule has 4 nitrogen and oxygen atoms in total. The van der Waals surface area contributed by atoms with Crippen LogP contribution in [0.1, 0.15) is 5.56 Å². The molecule has 0 unspecified atom stereocenters. The average Bonchev–Trinajstić information content (AvgIpc) is 2.60. The Kier molecular flexibility index (Phi) is 5.40. The highest BCUT2D eigenvalue weighted by molar-refractivity contribution is 6.30. The molecule has 0 aliphatic carbocycles. The number of hydrogen-bond donors (Lipinski definition) is 2. The maximum atomic E-state index is 13.2. The van der Waals surface area contributed by atoms with E-state index in [0.717, 1.165) is 24.1 Å². The van der Waals surface area contributed by atoms with Crippen LogP contribution in [0, 0.1) is 11.6 Å². The van der Waals surface area contributed by atoms with E-state index in [1.807, 2.05) is 24.3 Å². The molecule has 0 amide bonds. The van der Waals surface area contributed by atoms with Crippen molar-refractivity contribution in [2.75, 3.05) is 17.2 Å². The molecular weight excluding hydrogens is 346 g/mol. The van der Waals surface area contributed by atoms with E-state index in [0.29, 0.717) is 28.9 Å². The Morgan fingerprint density at radius 3 is 2.40 bits per heavy atom. The molecule has 7 heteroatoms. The van der Waals surface area contributed by atoms with E-state index in [1.54, 1.807) is 6.07 Å². The molecule has 0 bridgehead atoms. The second-order valence-corrected chi connectivity index (χ2v) is 5.78. The molecule has 0 aliphatic heterocycles. The van der Waals surface area contributed by atoms with Crippen molar-refractivity contribution in [3.63, 3.8) is 0 Å². The van der Waals surface area contributed by atoms with Gasteiger partial charge >= 0.3 is 0 Å². The van der Waals surface area contributed by atoms with Gasteiger partial charge in [0.15, 0.2) is 11.6 Å². The smallest absolute Gasteiger partial charge is 0.160 e. The van der Waals surface area contributed by atoms with Crippen LogP contribution in [0.15, 0.2) is 54.9 Å². The van der Waals surface area contributed by atoms with E-state index in [1.165, 1.54) is 12.4 Å². The van der Waals surface area contributed by atoms with Crippen molar-refractivity contribution in [3.8, 4) is 0 Å². The molecule has 3 aromatic rings. The van der Waals surface area contributed by atoms with Crippen LogP contribution >= 0.6 is 11.6 Å². The van der Waals surface area contributed by atoms with Crippen LogP contribution in [0.3, 0.4) is 0 Å². The Bertz CT molecular complexity index is 856. The molecule has 2 N–H and O–H groups in total. The lowest BCUT2D eigenvalue weighted by Crippen LogP contribution is -2.07. The molecule has 0 saturated carbocycles. The third-order valence-electron chi connectivity index (χ3n) is 3.49. The SMILES string of the molecule is Fc1ccc(Nc2cc(NCCc3ccc(Cl)cc3)ncn2)cc1F. The number of hydrogen-bond acceptors (Lipinski definition) is 4. The molecule has 0 saturated heterocycles. The summed E-state index contributed by atoms with van der Waals surface area (Å²) in [5, 5.41) is 6.82. The standard InChI is InChI=1S/C18H15ClF2N4/c19-13-3-1-12(2-4-13)7-8-22-17-10-18(24-11-23-17)25-14-5-6-15(20)16(21)9-14/h1-6,9-11H,7-8H2,(H2,22,23,24,25). The summed E-state index contributed by atoms with van der Waals surface area (Å²) in [5.74, 6) is -0.692. The summed E-state index contributed by atoms with van der Waals surface area (Å²) in [6, 6.07) is 12.9. The highest BCUT2D eigenvalue weighted by Gasteiger charge is 2.04. The lowest BCUT2D eigenvalue weighted by molar-refractivity contribution is 0.509. The summed E-state index contributed by atoms with van der Waals surface area (Å²) in [6.45, 7) is 0.684. The molecule has 1 aromatic heterocycles. The van der Waals surface area contributed by atoms with Crippen molar-refractivity contribution in [1.82, 2.24) is 9.97 Å². The van der Waals surface area contributed by atoms with Crippen LogP contribution in [0.2, 0.25) is 5.02 Å². The number of benzene rings is 2. The first kappa shape index (κ1) is 17.1. The van der Waals surface area contributed by atoms with Crippen LogP contribution in [0.5, 0.6) is 0 Å². The minimum atomic E-state index is -0.916. The molecule has 0 fully saturated rings. The maximum Gasteiger partial charge on any atom is 0.160 e. The van der Waals surface area contributed by atoms with Crippen molar-refractivity contribution in [1.29, 1.82) is 0 Å². The molecule has 25 heavy (non-hydrogen) atoms. The first-order valence-corrected chi connectivity index (χ1v) is 8.00. The van der Waals surface area contributed by atoms with Crippen molar-refractivity contribution in [3.05, 3.63) is 77.1 Å². The van der Waals surface area contributed by atoms with Crippen molar-refractivity contribution in [2.45, 2.75) is 6.42 Å². The van der Waals surface area contributed by atoms with Crippen LogP contribution in [-0.2, 0) is 6.42 Å². The predicted octanol–water partition coefficient (Wildman–Crippen LogP) is 4.81. The summed E-state index contributed by atoms with van der Waals surface area (Å²) in [5.41, 5.74) is 1.57. The Labute approximate surface area is 148 Å². The zero-order chi connectivity index (χ0) is 17.6. The zero-order valence-corrected chi connectivity index (χ0v) is 13.9. The molecule has 0 atom stereocenters. The fraction of sp³-hybridized carbons (Fsp3) is 0.111. The van der Waals surface area contributed by atoms with Crippen molar-refractivity contribution in [2.24, 2.45) is 0 Å². The number of anilines is 3. The van der Waals surface area contributed by atoms with Gasteiger partial charge in [-0.2, -0.15) is 0 Å². The van der Waals surface area contributed by atoms with Gasteiger partial charge in [-0.3, -0.25) is 0 Å². The number of aromatic nitrogens is 2. The number of halogens is 3. The topological polar surface area (TPSA) is 49.8 Å². The summed E-state index contributed by atoms with van der Waals surface area (Å²) >= 11 is 5.86. The minimum absolute atomic E-state index is 0.407. The number of rotatable bonds is 6. The summed E-state index contributed by atoms with van der Waals surface area (Å²) in [4.78, 5) is 8.21. The van der Waals surface area contributed by atoms with Gasteiger partial charge < -0.3 is 10.6 Å². The lowest BCUT2D eigenvalue weighted by atomic mass is 10.1. The van der Waals surface area contributed by atoms with Gasteiger partial charge in [-0.1, -0.05) is 23.7 Å². The van der Waals surface area contributed by atoms with E-state index in [2.05, 4.69) is 20.6 Å². The first-order valence-electron chi connectivity index (χ1n) is 7.62. The molecule has 0 radical (unpaired) electrons. The van der Waals surface area contributed by atoms with Crippen LogP contribution in [0.4, 0.5) is 26.1 Å². The Hall–Kier alpha value is -2.73. The van der Waals surface area contributed by atoms with Crippen LogP contribution in [0.25, 0.3) is 0 Å². The largest absolute Gasteiger partial charge is 0.370 e. The van der Waals surface area contributed by atoms with Gasteiger partial charge in [0.2, 0.25) is 0 Å². The van der Waals surface area contributed by atoms with Gasteiger partial charge in [0.1, 0.15) is 18.0 Å². The summed E-state index contributed by atoms with van der Waals surface area (Å²) in [6.07, 6.45) is 2.21. The molecule has 2 aromatic carbocycles. The summed E-state index contributed by atoms with van der Waals surface area (Å²) < 4.78 is 26.2. The number of nitrogens with zero attached hydrogens (tertiary/aromatic N) is 2. The molecular formula is C18H15ClF2N4. The van der Waals surface area contributed by atoms with Gasteiger partial charge in [-0.25, -0.2) is 18.7 Å². The summed E-state index contributed by atoms with van der Waals surface area (Å²) in [7, 11) is 0. The van der Waals surface area contributed by atoms with Crippen LogP contribution in [-0.4, -0.2) is 16.5 Å². The Morgan fingerprint density at radius 1 is 0.880 bits per heavy atom. The van der Waals surface area contributed by atoms with E-state index in [9.17, 15) is 8.78 Å². The Morgan fingerprint density at radius 2 is 1.64 bits per heavy atom.